The van der Waals surface area contributed by atoms with Crippen LogP contribution in [-0.2, 0) is 11.3 Å². The van der Waals surface area contributed by atoms with Gasteiger partial charge in [0.25, 0.3) is 0 Å². The summed E-state index contributed by atoms with van der Waals surface area (Å²) in [6.07, 6.45) is 2.08. The molecule has 2 aromatic carbocycles. The molecule has 0 amide bonds. The first kappa shape index (κ1) is 20.3. The summed E-state index contributed by atoms with van der Waals surface area (Å²) in [6, 6.07) is 15.2. The van der Waals surface area contributed by atoms with Crippen molar-refractivity contribution in [2.24, 2.45) is 0 Å². The molecule has 0 spiro atoms. The number of rotatable bonds is 5. The fourth-order valence-electron chi connectivity index (χ4n) is 4.74. The van der Waals surface area contributed by atoms with Crippen molar-refractivity contribution in [1.82, 2.24) is 14.5 Å². The van der Waals surface area contributed by atoms with Gasteiger partial charge in [0.2, 0.25) is 0 Å². The smallest absolute Gasteiger partial charge is 0.118 e. The quantitative estimate of drug-likeness (QED) is 0.629. The molecule has 0 unspecified atom stereocenters. The van der Waals surface area contributed by atoms with Crippen molar-refractivity contribution in [2.75, 3.05) is 58.5 Å². The maximum atomic E-state index is 5.62. The lowest BCUT2D eigenvalue weighted by Crippen LogP contribution is -2.44. The van der Waals surface area contributed by atoms with Gasteiger partial charge in [0.05, 0.1) is 18.1 Å². The van der Waals surface area contributed by atoms with Gasteiger partial charge in [-0.15, -0.1) is 0 Å². The van der Waals surface area contributed by atoms with Crippen molar-refractivity contribution in [3.05, 3.63) is 53.9 Å². The van der Waals surface area contributed by atoms with Crippen LogP contribution in [0.2, 0.25) is 0 Å². The van der Waals surface area contributed by atoms with Crippen LogP contribution in [0.1, 0.15) is 30.1 Å². The molecule has 2 aliphatic heterocycles. The summed E-state index contributed by atoms with van der Waals surface area (Å²) in [5.74, 6) is 2.54. The molecule has 5 rings (SSSR count). The molecule has 164 valence electrons. The van der Waals surface area contributed by atoms with Gasteiger partial charge in [0.1, 0.15) is 11.6 Å². The Morgan fingerprint density at radius 2 is 1.74 bits per heavy atom. The molecule has 1 aromatic heterocycles. The third-order valence-electron chi connectivity index (χ3n) is 6.72. The fraction of sp³-hybridized carbons (Fsp3) is 0.480. The van der Waals surface area contributed by atoms with Gasteiger partial charge in [0, 0.05) is 57.5 Å². The minimum absolute atomic E-state index is 0.450. The second-order valence-corrected chi connectivity index (χ2v) is 8.75. The van der Waals surface area contributed by atoms with Gasteiger partial charge < -0.3 is 23.8 Å². The van der Waals surface area contributed by atoms with Gasteiger partial charge in [-0.3, -0.25) is 0 Å². The lowest BCUT2D eigenvalue weighted by atomic mass is 9.99. The first-order chi connectivity index (χ1) is 15.2. The lowest BCUT2D eigenvalue weighted by Gasteiger charge is -2.34. The number of aromatic nitrogens is 2. The summed E-state index contributed by atoms with van der Waals surface area (Å²) >= 11 is 0. The van der Waals surface area contributed by atoms with Gasteiger partial charge in [-0.25, -0.2) is 4.98 Å². The van der Waals surface area contributed by atoms with Crippen LogP contribution in [0.15, 0.2) is 42.5 Å². The summed E-state index contributed by atoms with van der Waals surface area (Å²) in [5.41, 5.74) is 4.88. The van der Waals surface area contributed by atoms with E-state index in [0.29, 0.717) is 5.92 Å². The highest BCUT2D eigenvalue weighted by Crippen LogP contribution is 2.32. The molecule has 0 saturated carbocycles. The number of nitrogens with zero attached hydrogens (tertiary/aromatic N) is 4. The standard InChI is InChI=1S/C25H32N4O2/c1-27-11-13-28(14-12-27)21-5-8-23-24(17-21)29(18-19-3-6-22(30-2)7-4-19)25(26-23)20-9-15-31-16-10-20/h3-8,17,20H,9-16,18H2,1-2H3. The molecule has 0 N–H and O–H groups in total. The minimum atomic E-state index is 0.450. The maximum absolute atomic E-state index is 5.62. The van der Waals surface area contributed by atoms with Crippen LogP contribution in [-0.4, -0.2) is 68.0 Å². The molecule has 0 bridgehead atoms. The van der Waals surface area contributed by atoms with Gasteiger partial charge >= 0.3 is 0 Å². The Bertz CT molecular complexity index is 1020. The summed E-state index contributed by atoms with van der Waals surface area (Å²) in [5, 5.41) is 0. The van der Waals surface area contributed by atoms with Crippen LogP contribution in [0.5, 0.6) is 5.75 Å². The molecule has 2 fully saturated rings. The van der Waals surface area contributed by atoms with Crippen molar-refractivity contribution < 1.29 is 9.47 Å². The number of methoxy groups -OCH3 is 1. The SMILES string of the molecule is COc1ccc(Cn2c(C3CCOCC3)nc3ccc(N4CCN(C)CC4)cc32)cc1. The van der Waals surface area contributed by atoms with Gasteiger partial charge in [0.15, 0.2) is 0 Å². The number of hydrogen-bond donors (Lipinski definition) is 0. The average Bonchev–Trinajstić information content (AvgIpc) is 3.18. The topological polar surface area (TPSA) is 42.8 Å². The highest BCUT2D eigenvalue weighted by molar-refractivity contribution is 5.81. The number of benzene rings is 2. The normalized spacial score (nSPS) is 18.6. The molecule has 0 aliphatic carbocycles. The Hall–Kier alpha value is -2.57. The van der Waals surface area contributed by atoms with E-state index in [4.69, 9.17) is 14.5 Å². The summed E-state index contributed by atoms with van der Waals surface area (Å²) in [7, 11) is 3.91. The third-order valence-corrected chi connectivity index (χ3v) is 6.72. The average molecular weight is 421 g/mol. The van der Waals surface area contributed by atoms with Crippen LogP contribution in [0, 0.1) is 0 Å². The molecular formula is C25H32N4O2. The molecule has 0 atom stereocenters. The molecule has 3 heterocycles. The van der Waals surface area contributed by atoms with Gasteiger partial charge in [-0.05, 0) is 55.8 Å². The first-order valence-electron chi connectivity index (χ1n) is 11.4. The van der Waals surface area contributed by atoms with Crippen molar-refractivity contribution in [3.8, 4) is 5.75 Å². The van der Waals surface area contributed by atoms with Crippen molar-refractivity contribution in [3.63, 3.8) is 0 Å². The predicted octanol–water partition coefficient (Wildman–Crippen LogP) is 3.74. The summed E-state index contributed by atoms with van der Waals surface area (Å²) in [4.78, 5) is 10.0. The lowest BCUT2D eigenvalue weighted by molar-refractivity contribution is 0.0830. The van der Waals surface area contributed by atoms with E-state index in [1.54, 1.807) is 7.11 Å². The van der Waals surface area contributed by atoms with E-state index in [9.17, 15) is 0 Å². The van der Waals surface area contributed by atoms with Crippen LogP contribution >= 0.6 is 0 Å². The number of anilines is 1. The maximum Gasteiger partial charge on any atom is 0.118 e. The number of fused-ring (bicyclic) bond motifs is 1. The van der Waals surface area contributed by atoms with Gasteiger partial charge in [-0.1, -0.05) is 12.1 Å². The Morgan fingerprint density at radius 1 is 1.00 bits per heavy atom. The van der Waals surface area contributed by atoms with Crippen molar-refractivity contribution >= 4 is 16.7 Å². The molecule has 2 saturated heterocycles. The van der Waals surface area contributed by atoms with E-state index in [1.165, 1.54) is 22.6 Å². The Morgan fingerprint density at radius 3 is 2.45 bits per heavy atom. The van der Waals surface area contributed by atoms with E-state index >= 15 is 0 Å². The highest BCUT2D eigenvalue weighted by Gasteiger charge is 2.24. The molecular weight excluding hydrogens is 388 g/mol. The fourth-order valence-corrected chi connectivity index (χ4v) is 4.74. The molecule has 31 heavy (non-hydrogen) atoms. The summed E-state index contributed by atoms with van der Waals surface area (Å²) in [6.45, 7) is 6.82. The van der Waals surface area contributed by atoms with E-state index in [-0.39, 0.29) is 0 Å². The molecule has 6 nitrogen and oxygen atoms in total. The largest absolute Gasteiger partial charge is 0.497 e. The first-order valence-corrected chi connectivity index (χ1v) is 11.4. The molecule has 6 heteroatoms. The highest BCUT2D eigenvalue weighted by atomic mass is 16.5. The minimum Gasteiger partial charge on any atom is -0.497 e. The Labute approximate surface area is 184 Å². The molecule has 0 radical (unpaired) electrons. The summed E-state index contributed by atoms with van der Waals surface area (Å²) < 4.78 is 13.4. The van der Waals surface area contributed by atoms with Crippen molar-refractivity contribution in [1.29, 1.82) is 0 Å². The Kier molecular flexibility index (Phi) is 5.83. The van der Waals surface area contributed by atoms with Gasteiger partial charge in [-0.2, -0.15) is 0 Å². The van der Waals surface area contributed by atoms with E-state index in [2.05, 4.69) is 51.7 Å². The molecule has 2 aliphatic rings. The van der Waals surface area contributed by atoms with Crippen LogP contribution in [0.4, 0.5) is 5.69 Å². The molecule has 3 aromatic rings. The van der Waals surface area contributed by atoms with E-state index < -0.39 is 0 Å². The van der Waals surface area contributed by atoms with Crippen LogP contribution < -0.4 is 9.64 Å². The van der Waals surface area contributed by atoms with E-state index in [1.807, 2.05) is 12.1 Å². The zero-order valence-corrected chi connectivity index (χ0v) is 18.6. The predicted molar refractivity (Wildman–Crippen MR) is 124 cm³/mol. The second kappa shape index (κ2) is 8.89. The number of piperazine rings is 1. The van der Waals surface area contributed by atoms with Crippen molar-refractivity contribution in [2.45, 2.75) is 25.3 Å². The number of ether oxygens (including phenoxy) is 2. The third kappa shape index (κ3) is 4.27. The van der Waals surface area contributed by atoms with Crippen LogP contribution in [0.25, 0.3) is 11.0 Å². The monoisotopic (exact) mass is 420 g/mol. The number of likely N-dealkylation sites (N-methyl/N-ethyl adjacent to an activating group) is 1. The van der Waals surface area contributed by atoms with Crippen LogP contribution in [0.3, 0.4) is 0 Å². The van der Waals surface area contributed by atoms with E-state index in [0.717, 1.165) is 70.0 Å². The zero-order chi connectivity index (χ0) is 21.2. The second-order valence-electron chi connectivity index (χ2n) is 8.75. The number of hydrogen-bond acceptors (Lipinski definition) is 5. The Balaban J connectivity index is 1.53. The number of imidazole rings is 1. The zero-order valence-electron chi connectivity index (χ0n) is 18.6.